The highest BCUT2D eigenvalue weighted by molar-refractivity contribution is 5.92. The van der Waals surface area contributed by atoms with Crippen molar-refractivity contribution in [3.8, 4) is 0 Å². The third kappa shape index (κ3) is 4.37. The van der Waals surface area contributed by atoms with E-state index in [4.69, 9.17) is 0 Å². The van der Waals surface area contributed by atoms with E-state index in [-0.39, 0.29) is 17.5 Å². The molecule has 23 heavy (non-hydrogen) atoms. The van der Waals surface area contributed by atoms with Gasteiger partial charge in [0.2, 0.25) is 11.8 Å². The number of azo groups is 1. The summed E-state index contributed by atoms with van der Waals surface area (Å²) in [5.41, 5.74) is 1.30. The number of hydrogen-bond acceptors (Lipinski definition) is 4. The topological polar surface area (TPSA) is 96.6 Å². The highest BCUT2D eigenvalue weighted by atomic mass is 16.5. The van der Waals surface area contributed by atoms with Gasteiger partial charge in [-0.15, -0.1) is 0 Å². The van der Waals surface area contributed by atoms with Gasteiger partial charge < -0.3 is 15.8 Å². The number of rotatable bonds is 4. The van der Waals surface area contributed by atoms with E-state index >= 15 is 0 Å². The number of nitrogens with one attached hydrogen (secondary N) is 2. The van der Waals surface area contributed by atoms with Crippen LogP contribution in [0, 0.1) is 5.21 Å². The van der Waals surface area contributed by atoms with E-state index in [1.54, 1.807) is 48.5 Å². The van der Waals surface area contributed by atoms with Crippen molar-refractivity contribution in [2.45, 2.75) is 13.8 Å². The Morgan fingerprint density at radius 2 is 1.43 bits per heavy atom. The number of carbonyl (C=O) groups is 2. The average Bonchev–Trinajstić information content (AvgIpc) is 2.48. The Morgan fingerprint density at radius 3 is 2.09 bits per heavy atom. The van der Waals surface area contributed by atoms with Crippen molar-refractivity contribution in [3.05, 3.63) is 53.7 Å². The van der Waals surface area contributed by atoms with E-state index in [1.807, 2.05) is 0 Å². The monoisotopic (exact) mass is 312 g/mol. The van der Waals surface area contributed by atoms with Gasteiger partial charge in [0, 0.05) is 25.0 Å². The normalized spacial score (nSPS) is 11.0. The Bertz CT molecular complexity index is 771. The summed E-state index contributed by atoms with van der Waals surface area (Å²) in [5, 5.41) is 21.5. The fraction of sp³-hybridized carbons (Fsp3) is 0.125. The van der Waals surface area contributed by atoms with Gasteiger partial charge >= 0.3 is 0 Å². The van der Waals surface area contributed by atoms with Crippen LogP contribution in [0.1, 0.15) is 13.8 Å². The molecule has 0 spiro atoms. The van der Waals surface area contributed by atoms with Gasteiger partial charge in [-0.1, -0.05) is 24.3 Å². The van der Waals surface area contributed by atoms with Crippen LogP contribution >= 0.6 is 0 Å². The Hall–Kier alpha value is -3.22. The molecule has 2 aromatic carbocycles. The minimum absolute atomic E-state index is 0.195. The van der Waals surface area contributed by atoms with E-state index in [1.165, 1.54) is 13.8 Å². The quantitative estimate of drug-likeness (QED) is 0.513. The molecule has 0 aromatic heterocycles. The van der Waals surface area contributed by atoms with Gasteiger partial charge in [0.25, 0.3) is 5.69 Å². The van der Waals surface area contributed by atoms with Crippen LogP contribution in [0.3, 0.4) is 0 Å². The van der Waals surface area contributed by atoms with Crippen LogP contribution in [0.4, 0.5) is 22.7 Å². The first-order valence-corrected chi connectivity index (χ1v) is 6.89. The molecule has 0 bridgehead atoms. The molecule has 2 amide bonds. The lowest BCUT2D eigenvalue weighted by Crippen LogP contribution is -2.08. The molecule has 0 aliphatic rings. The number of benzene rings is 2. The van der Waals surface area contributed by atoms with E-state index in [2.05, 4.69) is 15.7 Å². The van der Waals surface area contributed by atoms with Crippen LogP contribution in [0.5, 0.6) is 0 Å². The minimum Gasteiger partial charge on any atom is -0.594 e. The van der Waals surface area contributed by atoms with Gasteiger partial charge in [-0.05, 0) is 23.1 Å². The number of para-hydroxylation sites is 3. The first-order chi connectivity index (χ1) is 11.0. The second kappa shape index (κ2) is 7.17. The molecule has 0 atom stereocenters. The predicted octanol–water partition coefficient (Wildman–Crippen LogP) is 3.53. The highest BCUT2D eigenvalue weighted by Gasteiger charge is 2.13. The molecular formula is C16H16N4O3. The van der Waals surface area contributed by atoms with Gasteiger partial charge in [-0.2, -0.15) is 0 Å². The standard InChI is InChI=1S/C16H16N4O3/c1-11(21)17-13-7-3-4-8-14(13)19-20(23)16-10-6-5-9-15(16)18-12(2)22/h3-10H,1-2H3,(H,17,21)(H,18,22). The molecule has 2 N–H and O–H groups in total. The zero-order chi connectivity index (χ0) is 16.8. The SMILES string of the molecule is CC(=O)Nc1ccccc1N=[N+]([O-])c1ccccc1NC(C)=O. The molecule has 7 heteroatoms. The van der Waals surface area contributed by atoms with Crippen LogP contribution in [0.15, 0.2) is 53.6 Å². The molecule has 0 saturated heterocycles. The molecule has 0 fully saturated rings. The lowest BCUT2D eigenvalue weighted by atomic mass is 10.2. The van der Waals surface area contributed by atoms with Crippen LogP contribution < -0.4 is 10.6 Å². The minimum atomic E-state index is -0.288. The second-order valence-electron chi connectivity index (χ2n) is 4.77. The Labute approximate surface area is 133 Å². The van der Waals surface area contributed by atoms with Crippen molar-refractivity contribution >= 4 is 34.6 Å². The van der Waals surface area contributed by atoms with Crippen LogP contribution in [-0.4, -0.2) is 16.7 Å². The number of anilines is 2. The van der Waals surface area contributed by atoms with Crippen molar-refractivity contribution in [2.24, 2.45) is 5.11 Å². The summed E-state index contributed by atoms with van der Waals surface area (Å²) >= 11 is 0. The zero-order valence-corrected chi connectivity index (χ0v) is 12.7. The van der Waals surface area contributed by atoms with Crippen molar-refractivity contribution in [2.75, 3.05) is 10.6 Å². The first-order valence-electron chi connectivity index (χ1n) is 6.89. The van der Waals surface area contributed by atoms with Crippen LogP contribution in [0.25, 0.3) is 0 Å². The Balaban J connectivity index is 2.41. The molecule has 0 saturated carbocycles. The first kappa shape index (κ1) is 16.2. The Morgan fingerprint density at radius 1 is 0.913 bits per heavy atom. The second-order valence-corrected chi connectivity index (χ2v) is 4.77. The van der Waals surface area contributed by atoms with E-state index in [9.17, 15) is 14.8 Å². The third-order valence-electron chi connectivity index (χ3n) is 2.83. The molecule has 0 radical (unpaired) electrons. The smallest absolute Gasteiger partial charge is 0.268 e. The molecule has 0 aliphatic carbocycles. The fourth-order valence-electron chi connectivity index (χ4n) is 1.94. The van der Waals surface area contributed by atoms with E-state index in [0.717, 1.165) is 0 Å². The van der Waals surface area contributed by atoms with Crippen molar-refractivity contribution in [1.82, 2.24) is 0 Å². The summed E-state index contributed by atoms with van der Waals surface area (Å²) in [5.74, 6) is -0.548. The molecule has 2 aromatic rings. The van der Waals surface area contributed by atoms with E-state index in [0.29, 0.717) is 21.9 Å². The van der Waals surface area contributed by atoms with Crippen molar-refractivity contribution in [1.29, 1.82) is 0 Å². The van der Waals surface area contributed by atoms with E-state index < -0.39 is 0 Å². The molecule has 2 rings (SSSR count). The maximum atomic E-state index is 12.3. The number of carbonyl (C=O) groups excluding carboxylic acids is 2. The Kier molecular flexibility index (Phi) is 5.03. The number of hydrogen-bond donors (Lipinski definition) is 2. The van der Waals surface area contributed by atoms with Gasteiger partial charge in [0.1, 0.15) is 5.69 Å². The van der Waals surface area contributed by atoms with Gasteiger partial charge in [0.05, 0.1) is 5.69 Å². The number of nitrogens with zero attached hydrogens (tertiary/aromatic N) is 2. The molecular weight excluding hydrogens is 296 g/mol. The van der Waals surface area contributed by atoms with Gasteiger partial charge in [0.15, 0.2) is 5.69 Å². The molecule has 0 aliphatic heterocycles. The lowest BCUT2D eigenvalue weighted by Gasteiger charge is -2.08. The maximum Gasteiger partial charge on any atom is 0.268 e. The van der Waals surface area contributed by atoms with Gasteiger partial charge in [-0.3, -0.25) is 9.59 Å². The summed E-state index contributed by atoms with van der Waals surface area (Å²) in [6.07, 6.45) is 0. The zero-order valence-electron chi connectivity index (χ0n) is 12.7. The largest absolute Gasteiger partial charge is 0.594 e. The third-order valence-corrected chi connectivity index (χ3v) is 2.83. The van der Waals surface area contributed by atoms with Crippen LogP contribution in [-0.2, 0) is 9.59 Å². The maximum absolute atomic E-state index is 12.3. The fourth-order valence-corrected chi connectivity index (χ4v) is 1.94. The summed E-state index contributed by atoms with van der Waals surface area (Å²) < 4.78 is 0. The molecule has 0 heterocycles. The van der Waals surface area contributed by atoms with Crippen molar-refractivity contribution in [3.63, 3.8) is 0 Å². The molecule has 7 nitrogen and oxygen atoms in total. The summed E-state index contributed by atoms with van der Waals surface area (Å²) in [7, 11) is 0. The number of amides is 2. The molecule has 118 valence electrons. The van der Waals surface area contributed by atoms with Crippen LogP contribution in [0.2, 0.25) is 0 Å². The lowest BCUT2D eigenvalue weighted by molar-refractivity contribution is -0.434. The van der Waals surface area contributed by atoms with Gasteiger partial charge in [-0.25, -0.2) is 0 Å². The summed E-state index contributed by atoms with van der Waals surface area (Å²) in [6, 6.07) is 13.2. The van der Waals surface area contributed by atoms with Crippen molar-refractivity contribution < 1.29 is 14.4 Å². The molecule has 0 unspecified atom stereocenters. The summed E-state index contributed by atoms with van der Waals surface area (Å²) in [6.45, 7) is 2.73. The predicted molar refractivity (Wildman–Crippen MR) is 86.9 cm³/mol. The highest BCUT2D eigenvalue weighted by Crippen LogP contribution is 2.29. The average molecular weight is 312 g/mol. The summed E-state index contributed by atoms with van der Waals surface area (Å²) in [4.78, 5) is 22.8.